The second kappa shape index (κ2) is 7.62. The molecule has 0 saturated heterocycles. The fourth-order valence-corrected chi connectivity index (χ4v) is 2.87. The predicted molar refractivity (Wildman–Crippen MR) is 104 cm³/mol. The van der Waals surface area contributed by atoms with Crippen molar-refractivity contribution in [2.24, 2.45) is 0 Å². The Morgan fingerprint density at radius 2 is 2.04 bits per heavy atom. The van der Waals surface area contributed by atoms with Crippen LogP contribution in [0.4, 0.5) is 11.4 Å². The molecular weight excluding hydrogens is 352 g/mol. The number of carboxylic acid groups (broad SMARTS) is 1. The maximum Gasteiger partial charge on any atom is 0.339 e. The van der Waals surface area contributed by atoms with Crippen LogP contribution in [0.5, 0.6) is 5.75 Å². The highest BCUT2D eigenvalue weighted by Crippen LogP contribution is 2.35. The number of carboxylic acids is 1. The van der Waals surface area contributed by atoms with Crippen molar-refractivity contribution < 1.29 is 14.6 Å². The Bertz CT molecular complexity index is 973. The lowest BCUT2D eigenvalue weighted by molar-refractivity contribution is 0.0697. The van der Waals surface area contributed by atoms with Gasteiger partial charge in [0, 0.05) is 16.6 Å². The van der Waals surface area contributed by atoms with Crippen LogP contribution < -0.4 is 10.1 Å². The fraction of sp³-hybridized carbons (Fsp3) is 0.200. The molecule has 6 heteroatoms. The monoisotopic (exact) mass is 370 g/mol. The van der Waals surface area contributed by atoms with Crippen LogP contribution in [0.2, 0.25) is 5.02 Å². The summed E-state index contributed by atoms with van der Waals surface area (Å²) in [5.41, 5.74) is 2.72. The minimum atomic E-state index is -1.05. The largest absolute Gasteiger partial charge is 0.491 e. The van der Waals surface area contributed by atoms with Gasteiger partial charge in [-0.05, 0) is 43.2 Å². The number of aromatic carboxylic acids is 1. The molecule has 0 unspecified atom stereocenters. The number of aryl methyl sites for hydroxylation is 1. The number of nitrogens with one attached hydrogen (secondary N) is 1. The van der Waals surface area contributed by atoms with Crippen molar-refractivity contribution in [1.29, 1.82) is 0 Å². The summed E-state index contributed by atoms with van der Waals surface area (Å²) >= 11 is 6.19. The number of halogens is 1. The first-order valence-electron chi connectivity index (χ1n) is 8.33. The summed E-state index contributed by atoms with van der Waals surface area (Å²) in [5.74, 6) is -0.386. The minimum absolute atomic E-state index is 0.0875. The molecule has 0 spiro atoms. The van der Waals surface area contributed by atoms with E-state index in [0.717, 1.165) is 12.0 Å². The van der Waals surface area contributed by atoms with E-state index in [-0.39, 0.29) is 5.56 Å². The van der Waals surface area contributed by atoms with Crippen molar-refractivity contribution in [2.75, 3.05) is 11.9 Å². The molecule has 0 amide bonds. The lowest BCUT2D eigenvalue weighted by Gasteiger charge is -2.17. The zero-order valence-corrected chi connectivity index (χ0v) is 15.3. The summed E-state index contributed by atoms with van der Waals surface area (Å²) in [6.45, 7) is 4.47. The van der Waals surface area contributed by atoms with Gasteiger partial charge in [0.15, 0.2) is 0 Å². The number of rotatable bonds is 6. The van der Waals surface area contributed by atoms with Crippen LogP contribution >= 0.6 is 11.6 Å². The quantitative estimate of drug-likeness (QED) is 0.605. The van der Waals surface area contributed by atoms with Crippen LogP contribution in [0.3, 0.4) is 0 Å². The van der Waals surface area contributed by atoms with Crippen LogP contribution in [-0.2, 0) is 0 Å². The minimum Gasteiger partial charge on any atom is -0.491 e. The Balaban J connectivity index is 2.16. The van der Waals surface area contributed by atoms with Gasteiger partial charge < -0.3 is 15.2 Å². The summed E-state index contributed by atoms with van der Waals surface area (Å²) in [7, 11) is 0. The molecular formula is C20H19ClN2O3. The van der Waals surface area contributed by atoms with Crippen LogP contribution in [0, 0.1) is 6.92 Å². The number of anilines is 2. The molecule has 0 aliphatic heterocycles. The number of pyridine rings is 1. The maximum atomic E-state index is 11.7. The number of hydrogen-bond donors (Lipinski definition) is 2. The predicted octanol–water partition coefficient (Wildman–Crippen LogP) is 5.43. The van der Waals surface area contributed by atoms with Gasteiger partial charge in [-0.1, -0.05) is 30.7 Å². The van der Waals surface area contributed by atoms with Gasteiger partial charge in [-0.25, -0.2) is 4.79 Å². The molecule has 0 atom stereocenters. The molecule has 3 aromatic rings. The number of benzene rings is 2. The molecule has 0 bridgehead atoms. The first-order valence-corrected chi connectivity index (χ1v) is 8.70. The highest BCUT2D eigenvalue weighted by atomic mass is 35.5. The van der Waals surface area contributed by atoms with E-state index in [1.165, 1.54) is 6.20 Å². The number of fused-ring (bicyclic) bond motifs is 1. The Morgan fingerprint density at radius 1 is 1.27 bits per heavy atom. The maximum absolute atomic E-state index is 11.7. The first-order chi connectivity index (χ1) is 12.5. The Kier molecular flexibility index (Phi) is 5.28. The molecule has 0 aliphatic carbocycles. The molecule has 0 radical (unpaired) electrons. The second-order valence-electron chi connectivity index (χ2n) is 5.89. The average molecular weight is 371 g/mol. The third-order valence-corrected chi connectivity index (χ3v) is 4.47. The van der Waals surface area contributed by atoms with Gasteiger partial charge in [0.1, 0.15) is 11.3 Å². The molecule has 0 saturated carbocycles. The molecule has 1 aromatic heterocycles. The van der Waals surface area contributed by atoms with Gasteiger partial charge in [0.25, 0.3) is 0 Å². The Morgan fingerprint density at radius 3 is 2.77 bits per heavy atom. The highest BCUT2D eigenvalue weighted by Gasteiger charge is 2.18. The van der Waals surface area contributed by atoms with E-state index in [1.807, 2.05) is 38.1 Å². The lowest BCUT2D eigenvalue weighted by atomic mass is 10.1. The van der Waals surface area contributed by atoms with Crippen molar-refractivity contribution in [3.8, 4) is 5.75 Å². The zero-order chi connectivity index (χ0) is 18.7. The summed E-state index contributed by atoms with van der Waals surface area (Å²) in [6.07, 6.45) is 2.23. The number of ether oxygens (including phenoxy) is 1. The molecule has 134 valence electrons. The second-order valence-corrected chi connectivity index (χ2v) is 6.30. The number of carbonyl (C=O) groups is 1. The van der Waals surface area contributed by atoms with Crippen molar-refractivity contribution in [3.63, 3.8) is 0 Å². The van der Waals surface area contributed by atoms with E-state index in [4.69, 9.17) is 16.3 Å². The normalized spacial score (nSPS) is 10.7. The highest BCUT2D eigenvalue weighted by molar-refractivity contribution is 6.32. The topological polar surface area (TPSA) is 71.5 Å². The van der Waals surface area contributed by atoms with Gasteiger partial charge in [0.2, 0.25) is 0 Å². The molecule has 0 fully saturated rings. The number of aromatic nitrogens is 1. The van der Waals surface area contributed by atoms with E-state index < -0.39 is 5.97 Å². The Labute approximate surface area is 156 Å². The summed E-state index contributed by atoms with van der Waals surface area (Å²) < 4.78 is 5.77. The average Bonchev–Trinajstić information content (AvgIpc) is 2.64. The van der Waals surface area contributed by atoms with Crippen molar-refractivity contribution >= 4 is 39.8 Å². The van der Waals surface area contributed by atoms with Crippen molar-refractivity contribution in [2.45, 2.75) is 20.3 Å². The smallest absolute Gasteiger partial charge is 0.339 e. The zero-order valence-electron chi connectivity index (χ0n) is 14.5. The molecule has 26 heavy (non-hydrogen) atoms. The third kappa shape index (κ3) is 3.44. The summed E-state index contributed by atoms with van der Waals surface area (Å²) in [5, 5.41) is 14.1. The van der Waals surface area contributed by atoms with Gasteiger partial charge in [-0.3, -0.25) is 4.98 Å². The van der Waals surface area contributed by atoms with Crippen LogP contribution in [0.1, 0.15) is 29.3 Å². The molecule has 1 heterocycles. The van der Waals surface area contributed by atoms with Gasteiger partial charge >= 0.3 is 5.97 Å². The number of nitrogens with zero attached hydrogens (tertiary/aromatic N) is 1. The van der Waals surface area contributed by atoms with E-state index in [0.29, 0.717) is 39.7 Å². The molecule has 2 aromatic carbocycles. The molecule has 3 rings (SSSR count). The van der Waals surface area contributed by atoms with Crippen LogP contribution in [0.15, 0.2) is 42.6 Å². The standard InChI is InChI=1S/C20H19ClN2O3/c1-3-10-26-17-7-5-4-6-16(17)23-19-13-8-9-15(21)12(2)18(13)22-11-14(19)20(24)25/h4-9,11H,3,10H2,1-2H3,(H,22,23)(H,24,25). The molecule has 0 aliphatic rings. The summed E-state index contributed by atoms with van der Waals surface area (Å²) in [4.78, 5) is 16.0. The SMILES string of the molecule is CCCOc1ccccc1Nc1c(C(=O)O)cnc2c(C)c(Cl)ccc12. The molecule has 5 nitrogen and oxygen atoms in total. The van der Waals surface area contributed by atoms with E-state index >= 15 is 0 Å². The fourth-order valence-electron chi connectivity index (χ4n) is 2.72. The van der Waals surface area contributed by atoms with Crippen LogP contribution in [0.25, 0.3) is 10.9 Å². The van der Waals surface area contributed by atoms with Gasteiger partial charge in [-0.2, -0.15) is 0 Å². The van der Waals surface area contributed by atoms with Crippen molar-refractivity contribution in [1.82, 2.24) is 4.98 Å². The van der Waals surface area contributed by atoms with Gasteiger partial charge in [0.05, 0.1) is 23.5 Å². The van der Waals surface area contributed by atoms with E-state index in [1.54, 1.807) is 12.1 Å². The number of hydrogen-bond acceptors (Lipinski definition) is 4. The van der Waals surface area contributed by atoms with Crippen molar-refractivity contribution in [3.05, 3.63) is 58.7 Å². The summed E-state index contributed by atoms with van der Waals surface area (Å²) in [6, 6.07) is 11.0. The van der Waals surface area contributed by atoms with Gasteiger partial charge in [-0.15, -0.1) is 0 Å². The first kappa shape index (κ1) is 18.0. The van der Waals surface area contributed by atoms with E-state index in [2.05, 4.69) is 10.3 Å². The molecule has 2 N–H and O–H groups in total. The number of para-hydroxylation sites is 2. The van der Waals surface area contributed by atoms with Crippen LogP contribution in [-0.4, -0.2) is 22.7 Å². The Hall–Kier alpha value is -2.79. The van der Waals surface area contributed by atoms with E-state index in [9.17, 15) is 9.90 Å². The third-order valence-electron chi connectivity index (χ3n) is 4.07. The lowest BCUT2D eigenvalue weighted by Crippen LogP contribution is -2.06.